The van der Waals surface area contributed by atoms with Crippen LogP contribution < -0.4 is 5.73 Å². The fourth-order valence-electron chi connectivity index (χ4n) is 2.95. The molecule has 1 fully saturated rings. The van der Waals surface area contributed by atoms with Gasteiger partial charge in [-0.05, 0) is 50.9 Å². The normalized spacial score (nSPS) is 26.2. The molecule has 1 heteroatoms. The summed E-state index contributed by atoms with van der Waals surface area (Å²) in [5.41, 5.74) is 7.92. The molecule has 1 saturated carbocycles. The van der Waals surface area contributed by atoms with Gasteiger partial charge in [0.1, 0.15) is 0 Å². The van der Waals surface area contributed by atoms with Crippen LogP contribution >= 0.6 is 0 Å². The van der Waals surface area contributed by atoms with E-state index in [0.29, 0.717) is 6.04 Å². The van der Waals surface area contributed by atoms with Crippen molar-refractivity contribution in [2.75, 3.05) is 0 Å². The van der Waals surface area contributed by atoms with Gasteiger partial charge in [-0.1, -0.05) is 24.5 Å². The molecule has 1 atom stereocenters. The largest absolute Gasteiger partial charge is 0.327 e. The van der Waals surface area contributed by atoms with Crippen molar-refractivity contribution in [3.8, 4) is 0 Å². The van der Waals surface area contributed by atoms with E-state index in [-0.39, 0.29) is 0 Å². The summed E-state index contributed by atoms with van der Waals surface area (Å²) in [5, 5.41) is 0. The highest BCUT2D eigenvalue weighted by molar-refractivity contribution is 5.07. The van der Waals surface area contributed by atoms with Crippen LogP contribution in [-0.2, 0) is 0 Å². The van der Waals surface area contributed by atoms with E-state index >= 15 is 0 Å². The van der Waals surface area contributed by atoms with Gasteiger partial charge in [-0.3, -0.25) is 0 Å². The molecule has 0 saturated heterocycles. The van der Waals surface area contributed by atoms with Gasteiger partial charge >= 0.3 is 0 Å². The monoisotopic (exact) mass is 193 g/mol. The van der Waals surface area contributed by atoms with Crippen molar-refractivity contribution in [3.63, 3.8) is 0 Å². The van der Waals surface area contributed by atoms with Crippen molar-refractivity contribution in [2.45, 2.75) is 63.8 Å². The molecule has 0 heterocycles. The van der Waals surface area contributed by atoms with Crippen LogP contribution in [0, 0.1) is 5.92 Å². The molecule has 0 spiro atoms. The lowest BCUT2D eigenvalue weighted by atomic mass is 9.88. The zero-order valence-corrected chi connectivity index (χ0v) is 9.17. The average molecular weight is 193 g/mol. The van der Waals surface area contributed by atoms with Crippen LogP contribution in [0.2, 0.25) is 0 Å². The number of hydrogen-bond acceptors (Lipinski definition) is 1. The summed E-state index contributed by atoms with van der Waals surface area (Å²) in [4.78, 5) is 0. The van der Waals surface area contributed by atoms with E-state index in [9.17, 15) is 0 Å². The number of nitrogens with two attached hydrogens (primary N) is 1. The van der Waals surface area contributed by atoms with Crippen molar-refractivity contribution in [2.24, 2.45) is 11.7 Å². The first-order valence-corrected chi connectivity index (χ1v) is 6.30. The highest BCUT2D eigenvalue weighted by Gasteiger charge is 2.22. The molecule has 1 unspecified atom stereocenters. The Morgan fingerprint density at radius 2 is 2.00 bits per heavy atom. The van der Waals surface area contributed by atoms with Gasteiger partial charge in [0.15, 0.2) is 0 Å². The van der Waals surface area contributed by atoms with Crippen molar-refractivity contribution >= 4 is 0 Å². The zero-order valence-electron chi connectivity index (χ0n) is 9.17. The van der Waals surface area contributed by atoms with Gasteiger partial charge in [-0.25, -0.2) is 0 Å². The van der Waals surface area contributed by atoms with E-state index in [1.165, 1.54) is 57.8 Å². The van der Waals surface area contributed by atoms with E-state index in [4.69, 9.17) is 5.73 Å². The van der Waals surface area contributed by atoms with Gasteiger partial charge in [0, 0.05) is 6.04 Å². The Hall–Kier alpha value is -0.300. The quantitative estimate of drug-likeness (QED) is 0.683. The van der Waals surface area contributed by atoms with Gasteiger partial charge in [0.25, 0.3) is 0 Å². The Kier molecular flexibility index (Phi) is 3.63. The third-order valence-corrected chi connectivity index (χ3v) is 3.89. The van der Waals surface area contributed by atoms with Gasteiger partial charge in [0.2, 0.25) is 0 Å². The molecular weight excluding hydrogens is 170 g/mol. The van der Waals surface area contributed by atoms with E-state index in [1.807, 2.05) is 0 Å². The van der Waals surface area contributed by atoms with Crippen LogP contribution in [0.15, 0.2) is 11.6 Å². The smallest absolute Gasteiger partial charge is 0.0104 e. The second-order valence-electron chi connectivity index (χ2n) is 5.02. The Balaban J connectivity index is 1.80. The molecule has 80 valence electrons. The zero-order chi connectivity index (χ0) is 9.80. The highest BCUT2D eigenvalue weighted by atomic mass is 14.7. The summed E-state index contributed by atoms with van der Waals surface area (Å²) in [6, 6.07) is 0.460. The molecule has 14 heavy (non-hydrogen) atoms. The predicted octanol–water partition coefficient (Wildman–Crippen LogP) is 3.39. The van der Waals surface area contributed by atoms with Gasteiger partial charge in [-0.2, -0.15) is 0 Å². The molecule has 2 aliphatic rings. The second kappa shape index (κ2) is 4.97. The topological polar surface area (TPSA) is 26.0 Å². The molecule has 0 radical (unpaired) electrons. The molecule has 0 bridgehead atoms. The van der Waals surface area contributed by atoms with Crippen molar-refractivity contribution in [3.05, 3.63) is 11.6 Å². The molecule has 0 aromatic rings. The SMILES string of the molecule is NC(CC1=CCCCC1)C1CCCC1. The van der Waals surface area contributed by atoms with Crippen molar-refractivity contribution < 1.29 is 0 Å². The minimum absolute atomic E-state index is 0.460. The van der Waals surface area contributed by atoms with Crippen LogP contribution in [0.1, 0.15) is 57.8 Å². The van der Waals surface area contributed by atoms with Crippen LogP contribution in [-0.4, -0.2) is 6.04 Å². The molecule has 2 N–H and O–H groups in total. The van der Waals surface area contributed by atoms with Crippen LogP contribution in [0.4, 0.5) is 0 Å². The van der Waals surface area contributed by atoms with Gasteiger partial charge in [-0.15, -0.1) is 0 Å². The number of allylic oxidation sites excluding steroid dienone is 1. The Bertz CT molecular complexity index is 201. The lowest BCUT2D eigenvalue weighted by Crippen LogP contribution is -2.29. The van der Waals surface area contributed by atoms with E-state index in [2.05, 4.69) is 6.08 Å². The van der Waals surface area contributed by atoms with Gasteiger partial charge in [0.05, 0.1) is 0 Å². The van der Waals surface area contributed by atoms with Gasteiger partial charge < -0.3 is 5.73 Å². The van der Waals surface area contributed by atoms with Crippen LogP contribution in [0.5, 0.6) is 0 Å². The maximum atomic E-state index is 6.27. The summed E-state index contributed by atoms with van der Waals surface area (Å²) >= 11 is 0. The molecule has 2 rings (SSSR count). The Labute approximate surface area is 87.8 Å². The molecule has 0 aromatic carbocycles. The highest BCUT2D eigenvalue weighted by Crippen LogP contribution is 2.31. The lowest BCUT2D eigenvalue weighted by Gasteiger charge is -2.22. The molecule has 0 aliphatic heterocycles. The van der Waals surface area contributed by atoms with E-state index < -0.39 is 0 Å². The fraction of sp³-hybridized carbons (Fsp3) is 0.846. The predicted molar refractivity (Wildman–Crippen MR) is 61.1 cm³/mol. The molecule has 0 aromatic heterocycles. The molecular formula is C13H23N. The second-order valence-corrected chi connectivity index (χ2v) is 5.02. The minimum atomic E-state index is 0.460. The standard InChI is InChI=1S/C13H23N/c14-13(12-8-4-5-9-12)10-11-6-2-1-3-7-11/h6,12-13H,1-5,7-10,14H2. The van der Waals surface area contributed by atoms with Crippen molar-refractivity contribution in [1.82, 2.24) is 0 Å². The van der Waals surface area contributed by atoms with Crippen LogP contribution in [0.25, 0.3) is 0 Å². The maximum absolute atomic E-state index is 6.27. The first kappa shape index (κ1) is 10.2. The van der Waals surface area contributed by atoms with Crippen molar-refractivity contribution in [1.29, 1.82) is 0 Å². The molecule has 2 aliphatic carbocycles. The fourth-order valence-corrected chi connectivity index (χ4v) is 2.95. The third-order valence-electron chi connectivity index (χ3n) is 3.89. The summed E-state index contributed by atoms with van der Waals surface area (Å²) in [6.45, 7) is 0. The first-order chi connectivity index (χ1) is 6.86. The van der Waals surface area contributed by atoms with Crippen LogP contribution in [0.3, 0.4) is 0 Å². The molecule has 1 nitrogen and oxygen atoms in total. The minimum Gasteiger partial charge on any atom is -0.327 e. The van der Waals surface area contributed by atoms with E-state index in [1.54, 1.807) is 5.57 Å². The summed E-state index contributed by atoms with van der Waals surface area (Å²) < 4.78 is 0. The maximum Gasteiger partial charge on any atom is 0.0104 e. The summed E-state index contributed by atoms with van der Waals surface area (Å²) in [5.74, 6) is 0.831. The Morgan fingerprint density at radius 1 is 1.21 bits per heavy atom. The Morgan fingerprint density at radius 3 is 2.64 bits per heavy atom. The molecule has 0 amide bonds. The third kappa shape index (κ3) is 2.60. The van der Waals surface area contributed by atoms with E-state index in [0.717, 1.165) is 5.92 Å². The number of rotatable bonds is 3. The average Bonchev–Trinajstić information content (AvgIpc) is 2.72. The number of hydrogen-bond donors (Lipinski definition) is 1. The summed E-state index contributed by atoms with van der Waals surface area (Å²) in [7, 11) is 0. The summed E-state index contributed by atoms with van der Waals surface area (Å²) in [6.07, 6.45) is 14.6. The first-order valence-electron chi connectivity index (χ1n) is 6.30. The lowest BCUT2D eigenvalue weighted by molar-refractivity contribution is 0.421.